The van der Waals surface area contributed by atoms with Crippen LogP contribution in [-0.4, -0.2) is 28.7 Å². The number of anilines is 1. The van der Waals surface area contributed by atoms with E-state index in [1.54, 1.807) is 30.1 Å². The van der Waals surface area contributed by atoms with E-state index in [1.807, 2.05) is 32.0 Å². The number of para-hydroxylation sites is 1. The van der Waals surface area contributed by atoms with Gasteiger partial charge in [0.15, 0.2) is 11.5 Å². The summed E-state index contributed by atoms with van der Waals surface area (Å²) in [5.74, 6) is 1.08. The summed E-state index contributed by atoms with van der Waals surface area (Å²) in [4.78, 5) is 17.1. The molecule has 0 spiro atoms. The van der Waals surface area contributed by atoms with Crippen LogP contribution in [0.25, 0.3) is 5.69 Å². The van der Waals surface area contributed by atoms with Gasteiger partial charge in [0.25, 0.3) is 0 Å². The number of hydrogen-bond donors (Lipinski definition) is 1. The molecule has 1 amide bonds. The van der Waals surface area contributed by atoms with Gasteiger partial charge in [-0.15, -0.1) is 0 Å². The Kier molecular flexibility index (Phi) is 4.96. The van der Waals surface area contributed by atoms with Crippen LogP contribution in [0.2, 0.25) is 0 Å². The van der Waals surface area contributed by atoms with Gasteiger partial charge in [-0.1, -0.05) is 12.1 Å². The number of ether oxygens (including phenoxy) is 2. The molecule has 29 heavy (non-hydrogen) atoms. The summed E-state index contributed by atoms with van der Waals surface area (Å²) in [6.07, 6.45) is 1.83. The van der Waals surface area contributed by atoms with Crippen LogP contribution in [0, 0.1) is 5.82 Å². The lowest BCUT2D eigenvalue weighted by molar-refractivity contribution is -0.116. The van der Waals surface area contributed by atoms with E-state index in [-0.39, 0.29) is 30.2 Å². The molecule has 1 unspecified atom stereocenters. The molecule has 150 valence electrons. The van der Waals surface area contributed by atoms with Gasteiger partial charge < -0.3 is 14.8 Å². The minimum atomic E-state index is -0.323. The number of amides is 1. The van der Waals surface area contributed by atoms with Gasteiger partial charge in [-0.25, -0.2) is 9.37 Å². The molecular weight excluding hydrogens is 373 g/mol. The SMILES string of the molecule is COc1cccc(C2CC(=O)Nc3c2ncn3-c2ccc(F)cc2)c1OC(C)C. The highest BCUT2D eigenvalue weighted by Gasteiger charge is 2.33. The molecule has 2 aromatic carbocycles. The number of imidazole rings is 1. The van der Waals surface area contributed by atoms with Crippen molar-refractivity contribution in [1.82, 2.24) is 9.55 Å². The highest BCUT2D eigenvalue weighted by atomic mass is 19.1. The fourth-order valence-corrected chi connectivity index (χ4v) is 3.59. The smallest absolute Gasteiger partial charge is 0.226 e. The normalized spacial score (nSPS) is 15.8. The van der Waals surface area contributed by atoms with E-state index in [4.69, 9.17) is 9.47 Å². The van der Waals surface area contributed by atoms with E-state index < -0.39 is 0 Å². The molecule has 1 atom stereocenters. The molecule has 2 heterocycles. The number of nitrogens with one attached hydrogen (secondary N) is 1. The van der Waals surface area contributed by atoms with Crippen molar-refractivity contribution in [2.45, 2.75) is 32.3 Å². The highest BCUT2D eigenvalue weighted by Crippen LogP contribution is 2.44. The molecule has 0 bridgehead atoms. The molecule has 0 saturated carbocycles. The quantitative estimate of drug-likeness (QED) is 0.700. The topological polar surface area (TPSA) is 65.4 Å². The van der Waals surface area contributed by atoms with Crippen LogP contribution < -0.4 is 14.8 Å². The predicted molar refractivity (Wildman–Crippen MR) is 107 cm³/mol. The van der Waals surface area contributed by atoms with Crippen LogP contribution in [-0.2, 0) is 4.79 Å². The third-order valence-electron chi connectivity index (χ3n) is 4.84. The van der Waals surface area contributed by atoms with E-state index in [2.05, 4.69) is 10.3 Å². The van der Waals surface area contributed by atoms with Gasteiger partial charge in [-0.2, -0.15) is 0 Å². The molecule has 1 N–H and O–H groups in total. The number of nitrogens with zero attached hydrogens (tertiary/aromatic N) is 2. The minimum Gasteiger partial charge on any atom is -0.493 e. The van der Waals surface area contributed by atoms with Crippen molar-refractivity contribution >= 4 is 11.7 Å². The summed E-state index contributed by atoms with van der Waals surface area (Å²) in [7, 11) is 1.59. The molecule has 7 heteroatoms. The zero-order chi connectivity index (χ0) is 20.5. The molecule has 4 rings (SSSR count). The first-order chi connectivity index (χ1) is 14.0. The maximum atomic E-state index is 13.3. The Morgan fingerprint density at radius 2 is 1.97 bits per heavy atom. The third-order valence-corrected chi connectivity index (χ3v) is 4.84. The maximum absolute atomic E-state index is 13.3. The number of aromatic nitrogens is 2. The minimum absolute atomic E-state index is 0.0567. The number of hydrogen-bond acceptors (Lipinski definition) is 4. The summed E-state index contributed by atoms with van der Waals surface area (Å²) in [6.45, 7) is 3.89. The first-order valence-corrected chi connectivity index (χ1v) is 9.44. The Morgan fingerprint density at radius 3 is 2.66 bits per heavy atom. The van der Waals surface area contributed by atoms with Gasteiger partial charge in [0.2, 0.25) is 5.91 Å². The van der Waals surface area contributed by atoms with Gasteiger partial charge in [0, 0.05) is 23.6 Å². The first kappa shape index (κ1) is 19.0. The molecule has 0 radical (unpaired) electrons. The average Bonchev–Trinajstić information content (AvgIpc) is 3.11. The molecule has 1 aliphatic heterocycles. The van der Waals surface area contributed by atoms with E-state index in [1.165, 1.54) is 12.1 Å². The molecule has 1 aliphatic rings. The lowest BCUT2D eigenvalue weighted by Gasteiger charge is -2.26. The predicted octanol–water partition coefficient (Wildman–Crippen LogP) is 4.28. The number of methoxy groups -OCH3 is 1. The van der Waals surface area contributed by atoms with E-state index in [9.17, 15) is 9.18 Å². The highest BCUT2D eigenvalue weighted by molar-refractivity contribution is 5.94. The van der Waals surface area contributed by atoms with Crippen LogP contribution >= 0.6 is 0 Å². The maximum Gasteiger partial charge on any atom is 0.226 e. The molecule has 0 saturated heterocycles. The number of benzene rings is 2. The Labute approximate surface area is 168 Å². The number of halogens is 1. The molecular formula is C22H22FN3O3. The average molecular weight is 395 g/mol. The van der Waals surface area contributed by atoms with Crippen molar-refractivity contribution in [2.75, 3.05) is 12.4 Å². The summed E-state index contributed by atoms with van der Waals surface area (Å²) < 4.78 is 26.6. The molecule has 6 nitrogen and oxygen atoms in total. The van der Waals surface area contributed by atoms with Gasteiger partial charge in [0.1, 0.15) is 18.0 Å². The second-order valence-electron chi connectivity index (χ2n) is 7.17. The standard InChI is InChI=1S/C22H22FN3O3/c1-13(2)29-21-16(5-4-6-18(21)28-3)17-11-19(27)25-22-20(17)24-12-26(22)15-9-7-14(23)8-10-15/h4-10,12-13,17H,11H2,1-3H3,(H,25,27). The molecule has 3 aromatic rings. The van der Waals surface area contributed by atoms with Crippen LogP contribution in [0.5, 0.6) is 11.5 Å². The molecule has 0 fully saturated rings. The monoisotopic (exact) mass is 395 g/mol. The van der Waals surface area contributed by atoms with Crippen LogP contribution in [0.3, 0.4) is 0 Å². The van der Waals surface area contributed by atoms with Gasteiger partial charge >= 0.3 is 0 Å². The third kappa shape index (κ3) is 3.55. The van der Waals surface area contributed by atoms with E-state index >= 15 is 0 Å². The number of rotatable bonds is 5. The Morgan fingerprint density at radius 1 is 1.21 bits per heavy atom. The first-order valence-electron chi connectivity index (χ1n) is 9.44. The number of carbonyl (C=O) groups excluding carboxylic acids is 1. The Balaban J connectivity index is 1.83. The zero-order valence-corrected chi connectivity index (χ0v) is 16.5. The second-order valence-corrected chi connectivity index (χ2v) is 7.17. The number of fused-ring (bicyclic) bond motifs is 1. The summed E-state index contributed by atoms with van der Waals surface area (Å²) in [5, 5.41) is 2.91. The van der Waals surface area contributed by atoms with Crippen molar-refractivity contribution in [1.29, 1.82) is 0 Å². The fourth-order valence-electron chi connectivity index (χ4n) is 3.59. The molecule has 0 aliphatic carbocycles. The lowest BCUT2D eigenvalue weighted by Crippen LogP contribution is -2.25. The fraction of sp³-hybridized carbons (Fsp3) is 0.273. The largest absolute Gasteiger partial charge is 0.493 e. The second kappa shape index (κ2) is 7.58. The van der Waals surface area contributed by atoms with E-state index in [0.717, 1.165) is 11.3 Å². The van der Waals surface area contributed by atoms with Crippen LogP contribution in [0.4, 0.5) is 10.2 Å². The van der Waals surface area contributed by atoms with Crippen LogP contribution in [0.1, 0.15) is 37.4 Å². The van der Waals surface area contributed by atoms with Crippen molar-refractivity contribution in [3.63, 3.8) is 0 Å². The van der Waals surface area contributed by atoms with Crippen molar-refractivity contribution in [3.05, 3.63) is 65.9 Å². The number of carbonyl (C=O) groups is 1. The lowest BCUT2D eigenvalue weighted by atomic mass is 9.89. The zero-order valence-electron chi connectivity index (χ0n) is 16.5. The summed E-state index contributed by atoms with van der Waals surface area (Å²) >= 11 is 0. The summed E-state index contributed by atoms with van der Waals surface area (Å²) in [5.41, 5.74) is 2.29. The summed E-state index contributed by atoms with van der Waals surface area (Å²) in [6, 6.07) is 11.7. The van der Waals surface area contributed by atoms with Crippen molar-refractivity contribution in [3.8, 4) is 17.2 Å². The van der Waals surface area contributed by atoms with Crippen molar-refractivity contribution < 1.29 is 18.7 Å². The van der Waals surface area contributed by atoms with Gasteiger partial charge in [-0.3, -0.25) is 9.36 Å². The Bertz CT molecular complexity index is 1040. The molecule has 1 aromatic heterocycles. The van der Waals surface area contributed by atoms with E-state index in [0.29, 0.717) is 23.0 Å². The van der Waals surface area contributed by atoms with Crippen molar-refractivity contribution in [2.24, 2.45) is 0 Å². The van der Waals surface area contributed by atoms with Gasteiger partial charge in [0.05, 0.1) is 18.9 Å². The van der Waals surface area contributed by atoms with Crippen LogP contribution in [0.15, 0.2) is 48.8 Å². The van der Waals surface area contributed by atoms with Gasteiger partial charge in [-0.05, 0) is 44.2 Å². The Hall–Kier alpha value is -3.35.